The Labute approximate surface area is 154 Å². The zero-order chi connectivity index (χ0) is 18.4. The van der Waals surface area contributed by atoms with Gasteiger partial charge in [0.05, 0.1) is 12.6 Å². The van der Waals surface area contributed by atoms with Gasteiger partial charge in [-0.15, -0.1) is 0 Å². The van der Waals surface area contributed by atoms with Crippen molar-refractivity contribution in [2.45, 2.75) is 44.9 Å². The van der Waals surface area contributed by atoms with E-state index in [9.17, 15) is 9.59 Å². The molecule has 1 aliphatic heterocycles. The molecule has 5 nitrogen and oxygen atoms in total. The van der Waals surface area contributed by atoms with Crippen LogP contribution in [0.4, 0.5) is 0 Å². The molecule has 0 saturated carbocycles. The number of aromatic nitrogens is 1. The van der Waals surface area contributed by atoms with Crippen molar-refractivity contribution in [3.63, 3.8) is 0 Å². The van der Waals surface area contributed by atoms with Crippen LogP contribution in [0.2, 0.25) is 0 Å². The molecule has 1 aliphatic rings. The number of rotatable bonds is 7. The molecule has 26 heavy (non-hydrogen) atoms. The maximum atomic E-state index is 12.6. The van der Waals surface area contributed by atoms with Gasteiger partial charge in [0, 0.05) is 25.4 Å². The lowest BCUT2D eigenvalue weighted by Crippen LogP contribution is -2.40. The van der Waals surface area contributed by atoms with Crippen LogP contribution in [-0.2, 0) is 16.0 Å². The Balaban J connectivity index is 1.56. The minimum atomic E-state index is 0.157. The van der Waals surface area contributed by atoms with Gasteiger partial charge in [-0.25, -0.2) is 4.98 Å². The number of likely N-dealkylation sites (tertiary alicyclic amines) is 1. The van der Waals surface area contributed by atoms with Crippen molar-refractivity contribution in [2.24, 2.45) is 5.92 Å². The summed E-state index contributed by atoms with van der Waals surface area (Å²) >= 11 is 0. The van der Waals surface area contributed by atoms with Crippen LogP contribution >= 0.6 is 0 Å². The second-order valence-corrected chi connectivity index (χ2v) is 7.10. The Morgan fingerprint density at radius 1 is 1.31 bits per heavy atom. The molecular weight excluding hydrogens is 328 g/mol. The number of nitrogens with zero attached hydrogens (tertiary/aromatic N) is 2. The van der Waals surface area contributed by atoms with E-state index in [2.05, 4.69) is 4.98 Å². The largest absolute Gasteiger partial charge is 0.449 e. The summed E-state index contributed by atoms with van der Waals surface area (Å²) < 4.78 is 5.50. The van der Waals surface area contributed by atoms with E-state index in [0.717, 1.165) is 50.1 Å². The van der Waals surface area contributed by atoms with Crippen molar-refractivity contribution in [3.05, 3.63) is 53.7 Å². The predicted octanol–water partition coefficient (Wildman–Crippen LogP) is 3.53. The maximum Gasteiger partial charge on any atom is 0.226 e. The van der Waals surface area contributed by atoms with Gasteiger partial charge in [-0.2, -0.15) is 0 Å². The van der Waals surface area contributed by atoms with Crippen LogP contribution < -0.4 is 0 Å². The van der Waals surface area contributed by atoms with Gasteiger partial charge in [-0.1, -0.05) is 29.8 Å². The molecule has 138 valence electrons. The van der Waals surface area contributed by atoms with Crippen molar-refractivity contribution in [1.29, 1.82) is 0 Å². The third kappa shape index (κ3) is 4.59. The number of amides is 1. The van der Waals surface area contributed by atoms with Crippen LogP contribution in [0.5, 0.6) is 0 Å². The lowest BCUT2D eigenvalue weighted by molar-refractivity contribution is -0.132. The van der Waals surface area contributed by atoms with Crippen molar-refractivity contribution in [3.8, 4) is 0 Å². The quantitative estimate of drug-likeness (QED) is 0.714. The average molecular weight is 354 g/mol. The minimum absolute atomic E-state index is 0.157. The van der Waals surface area contributed by atoms with Crippen molar-refractivity contribution >= 4 is 12.2 Å². The fourth-order valence-corrected chi connectivity index (χ4v) is 3.77. The number of oxazole rings is 1. The topological polar surface area (TPSA) is 63.4 Å². The Kier molecular flexibility index (Phi) is 6.21. The summed E-state index contributed by atoms with van der Waals surface area (Å²) in [6.45, 7) is 3.56. The van der Waals surface area contributed by atoms with Crippen molar-refractivity contribution < 1.29 is 14.0 Å². The van der Waals surface area contributed by atoms with Crippen LogP contribution in [-0.4, -0.2) is 35.2 Å². The summed E-state index contributed by atoms with van der Waals surface area (Å²) in [5.74, 6) is 1.46. The van der Waals surface area contributed by atoms with Gasteiger partial charge in [-0.3, -0.25) is 4.79 Å². The minimum Gasteiger partial charge on any atom is -0.449 e. The summed E-state index contributed by atoms with van der Waals surface area (Å²) in [4.78, 5) is 29.6. The van der Waals surface area contributed by atoms with E-state index in [1.54, 1.807) is 12.5 Å². The average Bonchev–Trinajstić information content (AvgIpc) is 3.19. The molecule has 2 aromatic rings. The Hall–Kier alpha value is -2.43. The van der Waals surface area contributed by atoms with Crippen LogP contribution in [0.15, 0.2) is 41.1 Å². The number of carbonyl (C=O) groups excluding carboxylic acids is 2. The standard InChI is InChI=1S/C21H26N2O3/c1-16-4-6-17(7-5-16)15-20(25)23-11-8-18(9-12-23)19(3-2-13-24)21-22-10-14-26-21/h4-7,10,13-14,18-19H,2-3,8-9,11-12,15H2,1H3. The second-order valence-electron chi connectivity index (χ2n) is 7.10. The number of piperidine rings is 1. The fourth-order valence-electron chi connectivity index (χ4n) is 3.77. The molecule has 1 aromatic carbocycles. The number of carbonyl (C=O) groups is 2. The molecule has 0 spiro atoms. The molecule has 1 saturated heterocycles. The summed E-state index contributed by atoms with van der Waals surface area (Å²) in [6.07, 6.45) is 7.77. The van der Waals surface area contributed by atoms with Gasteiger partial charge in [-0.05, 0) is 37.7 Å². The van der Waals surface area contributed by atoms with Crippen molar-refractivity contribution in [1.82, 2.24) is 9.88 Å². The number of benzene rings is 1. The molecule has 0 bridgehead atoms. The monoisotopic (exact) mass is 354 g/mol. The molecule has 1 amide bonds. The normalized spacial score (nSPS) is 16.4. The zero-order valence-electron chi connectivity index (χ0n) is 15.3. The van der Waals surface area contributed by atoms with E-state index in [1.165, 1.54) is 5.56 Å². The molecule has 1 aromatic heterocycles. The Bertz CT molecular complexity index is 701. The van der Waals surface area contributed by atoms with Crippen molar-refractivity contribution in [2.75, 3.05) is 13.1 Å². The highest BCUT2D eigenvalue weighted by molar-refractivity contribution is 5.78. The molecule has 0 aliphatic carbocycles. The lowest BCUT2D eigenvalue weighted by atomic mass is 9.81. The first-order valence-corrected chi connectivity index (χ1v) is 9.33. The van der Waals surface area contributed by atoms with Crippen LogP contribution in [0.25, 0.3) is 0 Å². The van der Waals surface area contributed by atoms with Crippen LogP contribution in [0.1, 0.15) is 48.6 Å². The highest BCUT2D eigenvalue weighted by atomic mass is 16.3. The summed E-state index contributed by atoms with van der Waals surface area (Å²) in [6, 6.07) is 8.14. The SMILES string of the molecule is Cc1ccc(CC(=O)N2CCC(C(CCC=O)c3ncco3)CC2)cc1. The van der Waals surface area contributed by atoms with E-state index < -0.39 is 0 Å². The maximum absolute atomic E-state index is 12.6. The number of aryl methyl sites for hydroxylation is 1. The molecule has 1 unspecified atom stereocenters. The van der Waals surface area contributed by atoms with Gasteiger partial charge in [0.25, 0.3) is 0 Å². The third-order valence-corrected chi connectivity index (χ3v) is 5.30. The number of aldehydes is 1. The zero-order valence-corrected chi connectivity index (χ0v) is 15.3. The first-order valence-electron chi connectivity index (χ1n) is 9.33. The molecule has 3 rings (SSSR count). The Morgan fingerprint density at radius 2 is 2.04 bits per heavy atom. The number of hydrogen-bond acceptors (Lipinski definition) is 4. The smallest absolute Gasteiger partial charge is 0.226 e. The highest BCUT2D eigenvalue weighted by Gasteiger charge is 2.31. The highest BCUT2D eigenvalue weighted by Crippen LogP contribution is 2.35. The first kappa shape index (κ1) is 18.4. The molecule has 5 heteroatoms. The number of hydrogen-bond donors (Lipinski definition) is 0. The Morgan fingerprint density at radius 3 is 2.65 bits per heavy atom. The lowest BCUT2D eigenvalue weighted by Gasteiger charge is -2.35. The van der Waals surface area contributed by atoms with E-state index >= 15 is 0 Å². The fraction of sp³-hybridized carbons (Fsp3) is 0.476. The van der Waals surface area contributed by atoms with Gasteiger partial charge >= 0.3 is 0 Å². The van der Waals surface area contributed by atoms with E-state index in [-0.39, 0.29) is 11.8 Å². The van der Waals surface area contributed by atoms with Crippen LogP contribution in [0, 0.1) is 12.8 Å². The van der Waals surface area contributed by atoms with Crippen LogP contribution in [0.3, 0.4) is 0 Å². The molecular formula is C21H26N2O3. The van der Waals surface area contributed by atoms with Gasteiger partial charge in [0.15, 0.2) is 5.89 Å². The van der Waals surface area contributed by atoms with E-state index in [0.29, 0.717) is 18.8 Å². The molecule has 2 heterocycles. The van der Waals surface area contributed by atoms with E-state index in [4.69, 9.17) is 4.42 Å². The molecule has 0 N–H and O–H groups in total. The second kappa shape index (κ2) is 8.79. The van der Waals surface area contributed by atoms with Gasteiger partial charge in [0.1, 0.15) is 12.5 Å². The summed E-state index contributed by atoms with van der Waals surface area (Å²) in [5.41, 5.74) is 2.27. The first-order chi connectivity index (χ1) is 12.7. The summed E-state index contributed by atoms with van der Waals surface area (Å²) in [7, 11) is 0. The van der Waals surface area contributed by atoms with E-state index in [1.807, 2.05) is 36.1 Å². The van der Waals surface area contributed by atoms with Gasteiger partial charge in [0.2, 0.25) is 5.91 Å². The summed E-state index contributed by atoms with van der Waals surface area (Å²) in [5, 5.41) is 0. The third-order valence-electron chi connectivity index (χ3n) is 5.30. The molecule has 0 radical (unpaired) electrons. The molecule has 1 fully saturated rings. The predicted molar refractivity (Wildman–Crippen MR) is 98.7 cm³/mol. The molecule has 1 atom stereocenters. The van der Waals surface area contributed by atoms with Gasteiger partial charge < -0.3 is 14.1 Å².